The summed E-state index contributed by atoms with van der Waals surface area (Å²) in [6, 6.07) is 8.61. The summed E-state index contributed by atoms with van der Waals surface area (Å²) in [6.07, 6.45) is 3.73. The molecule has 1 atom stereocenters. The third-order valence-electron chi connectivity index (χ3n) is 4.33. The van der Waals surface area contributed by atoms with Crippen molar-refractivity contribution in [2.75, 3.05) is 0 Å². The molecule has 0 saturated carbocycles. The second kappa shape index (κ2) is 5.80. The topological polar surface area (TPSA) is 47.8 Å². The van der Waals surface area contributed by atoms with Crippen molar-refractivity contribution in [1.82, 2.24) is 14.8 Å². The maximum atomic E-state index is 10.9. The summed E-state index contributed by atoms with van der Waals surface area (Å²) >= 11 is 0. The second-order valence-electron chi connectivity index (χ2n) is 5.91. The van der Waals surface area contributed by atoms with Gasteiger partial charge in [-0.1, -0.05) is 31.2 Å². The second-order valence-corrected chi connectivity index (χ2v) is 5.91. The van der Waals surface area contributed by atoms with Crippen LogP contribution in [0.1, 0.15) is 42.5 Å². The SMILES string of the molecule is CCn1c(CC(C)C=O)nnc1C1Cc2ccccc2C1. The molecule has 1 aliphatic carbocycles. The Morgan fingerprint density at radius 3 is 2.52 bits per heavy atom. The van der Waals surface area contributed by atoms with E-state index < -0.39 is 0 Å². The number of aromatic nitrogens is 3. The summed E-state index contributed by atoms with van der Waals surface area (Å²) in [6.45, 7) is 4.90. The number of rotatable bonds is 5. The van der Waals surface area contributed by atoms with Gasteiger partial charge in [-0.3, -0.25) is 0 Å². The van der Waals surface area contributed by atoms with Crippen molar-refractivity contribution in [3.63, 3.8) is 0 Å². The molecule has 1 heterocycles. The van der Waals surface area contributed by atoms with Gasteiger partial charge in [-0.25, -0.2) is 0 Å². The Morgan fingerprint density at radius 2 is 1.95 bits per heavy atom. The molecular formula is C17H21N3O. The van der Waals surface area contributed by atoms with Gasteiger partial charge in [0.15, 0.2) is 0 Å². The van der Waals surface area contributed by atoms with Crippen LogP contribution in [0, 0.1) is 5.92 Å². The lowest BCUT2D eigenvalue weighted by Gasteiger charge is -2.12. The van der Waals surface area contributed by atoms with E-state index in [-0.39, 0.29) is 5.92 Å². The van der Waals surface area contributed by atoms with Crippen molar-refractivity contribution in [3.05, 3.63) is 47.0 Å². The molecule has 4 nitrogen and oxygen atoms in total. The molecule has 2 aromatic rings. The van der Waals surface area contributed by atoms with E-state index in [4.69, 9.17) is 0 Å². The van der Waals surface area contributed by atoms with E-state index in [0.717, 1.165) is 37.3 Å². The first-order valence-electron chi connectivity index (χ1n) is 7.67. The Morgan fingerprint density at radius 1 is 1.29 bits per heavy atom. The molecule has 0 aliphatic heterocycles. The molecule has 1 aliphatic rings. The maximum Gasteiger partial charge on any atom is 0.136 e. The van der Waals surface area contributed by atoms with E-state index in [9.17, 15) is 4.79 Å². The van der Waals surface area contributed by atoms with Gasteiger partial charge in [-0.05, 0) is 30.9 Å². The van der Waals surface area contributed by atoms with Crippen LogP contribution >= 0.6 is 0 Å². The number of benzene rings is 1. The molecule has 0 fully saturated rings. The van der Waals surface area contributed by atoms with Crippen LogP contribution in [0.2, 0.25) is 0 Å². The summed E-state index contributed by atoms with van der Waals surface area (Å²) in [5.74, 6) is 2.41. The van der Waals surface area contributed by atoms with E-state index in [1.54, 1.807) is 0 Å². The van der Waals surface area contributed by atoms with Crippen molar-refractivity contribution in [2.24, 2.45) is 5.92 Å². The predicted octanol–water partition coefficient (Wildman–Crippen LogP) is 2.56. The molecule has 110 valence electrons. The number of hydrogen-bond acceptors (Lipinski definition) is 3. The number of aldehydes is 1. The Bertz CT molecular complexity index is 622. The van der Waals surface area contributed by atoms with Gasteiger partial charge in [0.2, 0.25) is 0 Å². The highest BCUT2D eigenvalue weighted by molar-refractivity contribution is 5.53. The van der Waals surface area contributed by atoms with Crippen molar-refractivity contribution < 1.29 is 4.79 Å². The average Bonchev–Trinajstić information content (AvgIpc) is 3.09. The highest BCUT2D eigenvalue weighted by atomic mass is 16.1. The molecule has 4 heteroatoms. The highest BCUT2D eigenvalue weighted by Gasteiger charge is 2.27. The average molecular weight is 283 g/mol. The zero-order valence-electron chi connectivity index (χ0n) is 12.6. The van der Waals surface area contributed by atoms with Crippen LogP contribution < -0.4 is 0 Å². The van der Waals surface area contributed by atoms with E-state index in [0.29, 0.717) is 12.3 Å². The predicted molar refractivity (Wildman–Crippen MR) is 81.2 cm³/mol. The largest absolute Gasteiger partial charge is 0.315 e. The third-order valence-corrected chi connectivity index (χ3v) is 4.33. The van der Waals surface area contributed by atoms with Crippen molar-refractivity contribution in [2.45, 2.75) is 45.6 Å². The molecule has 0 radical (unpaired) electrons. The van der Waals surface area contributed by atoms with Crippen LogP contribution in [0.4, 0.5) is 0 Å². The summed E-state index contributed by atoms with van der Waals surface area (Å²) in [4.78, 5) is 10.9. The van der Waals surface area contributed by atoms with Gasteiger partial charge in [0, 0.05) is 24.8 Å². The normalized spacial score (nSPS) is 15.9. The molecule has 0 saturated heterocycles. The Kier molecular flexibility index (Phi) is 3.86. The van der Waals surface area contributed by atoms with Gasteiger partial charge in [0.1, 0.15) is 17.9 Å². The Hall–Kier alpha value is -1.97. The molecule has 0 bridgehead atoms. The zero-order valence-corrected chi connectivity index (χ0v) is 12.6. The smallest absolute Gasteiger partial charge is 0.136 e. The molecule has 1 aromatic heterocycles. The van der Waals surface area contributed by atoms with Crippen molar-refractivity contribution in [1.29, 1.82) is 0 Å². The van der Waals surface area contributed by atoms with Gasteiger partial charge >= 0.3 is 0 Å². The van der Waals surface area contributed by atoms with Gasteiger partial charge in [-0.15, -0.1) is 10.2 Å². The van der Waals surface area contributed by atoms with Crippen molar-refractivity contribution in [3.8, 4) is 0 Å². The first kappa shape index (κ1) is 14.0. The van der Waals surface area contributed by atoms with Gasteiger partial charge in [-0.2, -0.15) is 0 Å². The Labute approximate surface area is 125 Å². The summed E-state index contributed by atoms with van der Waals surface area (Å²) in [5, 5.41) is 8.77. The number of hydrogen-bond donors (Lipinski definition) is 0. The first-order valence-corrected chi connectivity index (χ1v) is 7.67. The standard InChI is InChI=1S/C17H21N3O/c1-3-20-16(8-12(2)11-21)18-19-17(20)15-9-13-6-4-5-7-14(13)10-15/h4-7,11-12,15H,3,8-10H2,1-2H3. The number of fused-ring (bicyclic) bond motifs is 1. The van der Waals surface area contributed by atoms with Crippen LogP contribution in [-0.2, 0) is 30.6 Å². The monoisotopic (exact) mass is 283 g/mol. The fourth-order valence-electron chi connectivity index (χ4n) is 3.22. The van der Waals surface area contributed by atoms with Crippen LogP contribution in [-0.4, -0.2) is 21.1 Å². The fourth-order valence-corrected chi connectivity index (χ4v) is 3.22. The minimum atomic E-state index is -0.00637. The minimum Gasteiger partial charge on any atom is -0.315 e. The molecule has 21 heavy (non-hydrogen) atoms. The van der Waals surface area contributed by atoms with Gasteiger partial charge in [0.05, 0.1) is 0 Å². The molecule has 0 spiro atoms. The lowest BCUT2D eigenvalue weighted by atomic mass is 10.1. The van der Waals surface area contributed by atoms with Crippen molar-refractivity contribution >= 4 is 6.29 Å². The minimum absolute atomic E-state index is 0.00637. The van der Waals surface area contributed by atoms with Gasteiger partial charge < -0.3 is 9.36 Å². The van der Waals surface area contributed by atoms with Crippen LogP contribution in [0.5, 0.6) is 0 Å². The zero-order chi connectivity index (χ0) is 14.8. The summed E-state index contributed by atoms with van der Waals surface area (Å²) in [7, 11) is 0. The lowest BCUT2D eigenvalue weighted by Crippen LogP contribution is -2.13. The van der Waals surface area contributed by atoms with Gasteiger partial charge in [0.25, 0.3) is 0 Å². The fraction of sp³-hybridized carbons (Fsp3) is 0.471. The van der Waals surface area contributed by atoms with E-state index in [2.05, 4.69) is 46.0 Å². The number of carbonyl (C=O) groups is 1. The maximum absolute atomic E-state index is 10.9. The molecular weight excluding hydrogens is 262 g/mol. The number of nitrogens with zero attached hydrogens (tertiary/aromatic N) is 3. The molecule has 0 amide bonds. The third kappa shape index (κ3) is 2.62. The van der Waals surface area contributed by atoms with Crippen LogP contribution in [0.15, 0.2) is 24.3 Å². The van der Waals surface area contributed by atoms with Crippen LogP contribution in [0.3, 0.4) is 0 Å². The molecule has 3 rings (SSSR count). The summed E-state index contributed by atoms with van der Waals surface area (Å²) in [5.41, 5.74) is 2.85. The highest BCUT2D eigenvalue weighted by Crippen LogP contribution is 2.33. The molecule has 1 aromatic carbocycles. The summed E-state index contributed by atoms with van der Waals surface area (Å²) < 4.78 is 2.19. The van der Waals surface area contributed by atoms with E-state index in [1.807, 2.05) is 6.92 Å². The Balaban J connectivity index is 1.85. The first-order chi connectivity index (χ1) is 10.2. The van der Waals surface area contributed by atoms with E-state index in [1.165, 1.54) is 11.1 Å². The quantitative estimate of drug-likeness (QED) is 0.792. The number of carbonyl (C=O) groups excluding carboxylic acids is 1. The van der Waals surface area contributed by atoms with Crippen LogP contribution in [0.25, 0.3) is 0 Å². The molecule has 0 N–H and O–H groups in total. The molecule has 1 unspecified atom stereocenters. The van der Waals surface area contributed by atoms with E-state index >= 15 is 0 Å². The lowest BCUT2D eigenvalue weighted by molar-refractivity contribution is -0.110.